The summed E-state index contributed by atoms with van der Waals surface area (Å²) in [5, 5.41) is 0. The van der Waals surface area contributed by atoms with Crippen molar-refractivity contribution in [3.05, 3.63) is 35.9 Å². The Bertz CT molecular complexity index is 478. The van der Waals surface area contributed by atoms with Crippen LogP contribution in [-0.4, -0.2) is 14.2 Å². The van der Waals surface area contributed by atoms with E-state index in [9.17, 15) is 8.42 Å². The van der Waals surface area contributed by atoms with Crippen LogP contribution in [0.4, 0.5) is 0 Å². The molecule has 16 heavy (non-hydrogen) atoms. The molecule has 0 unspecified atom stereocenters. The van der Waals surface area contributed by atoms with Crippen LogP contribution in [0.1, 0.15) is 19.4 Å². The Hall–Kier alpha value is -1.27. The predicted octanol–water partition coefficient (Wildman–Crippen LogP) is 2.26. The highest BCUT2D eigenvalue weighted by molar-refractivity contribution is 7.90. The summed E-state index contributed by atoms with van der Waals surface area (Å²) in [7, 11) is -3.15. The van der Waals surface area contributed by atoms with Crippen molar-refractivity contribution in [1.82, 2.24) is 0 Å². The Morgan fingerprint density at radius 1 is 1.25 bits per heavy atom. The van der Waals surface area contributed by atoms with Crippen LogP contribution < -0.4 is 0 Å². The van der Waals surface area contributed by atoms with Crippen molar-refractivity contribution in [1.29, 1.82) is 0 Å². The molecule has 1 rings (SSSR count). The molecule has 0 N–H and O–H groups in total. The summed E-state index contributed by atoms with van der Waals surface area (Å²) < 4.78 is 23.8. The van der Waals surface area contributed by atoms with E-state index in [1.807, 2.05) is 18.2 Å². The molecule has 0 saturated heterocycles. The van der Waals surface area contributed by atoms with Gasteiger partial charge in [-0.1, -0.05) is 36.3 Å². The Morgan fingerprint density at radius 3 is 2.31 bits per heavy atom. The Balaban J connectivity index is 2.79. The van der Waals surface area contributed by atoms with E-state index in [1.54, 1.807) is 26.0 Å². The first-order valence-electron chi connectivity index (χ1n) is 5.07. The average Bonchev–Trinajstić information content (AvgIpc) is 2.17. The first-order valence-corrected chi connectivity index (χ1v) is 6.89. The van der Waals surface area contributed by atoms with E-state index in [0.29, 0.717) is 0 Å². The Labute approximate surface area is 97.6 Å². The van der Waals surface area contributed by atoms with Crippen molar-refractivity contribution in [2.24, 2.45) is 5.41 Å². The fourth-order valence-corrected chi connectivity index (χ4v) is 3.46. The summed E-state index contributed by atoms with van der Waals surface area (Å²) in [6.45, 7) is 3.52. The lowest BCUT2D eigenvalue weighted by Crippen LogP contribution is -2.23. The van der Waals surface area contributed by atoms with Gasteiger partial charge in [0.25, 0.3) is 0 Å². The summed E-state index contributed by atoms with van der Waals surface area (Å²) >= 11 is 0. The lowest BCUT2D eigenvalue weighted by atomic mass is 9.98. The van der Waals surface area contributed by atoms with Gasteiger partial charge in [-0.05, 0) is 19.4 Å². The highest BCUT2D eigenvalue weighted by Gasteiger charge is 2.24. The number of benzene rings is 1. The van der Waals surface area contributed by atoms with Gasteiger partial charge in [-0.25, -0.2) is 8.42 Å². The molecule has 0 radical (unpaired) electrons. The van der Waals surface area contributed by atoms with Gasteiger partial charge < -0.3 is 0 Å². The molecule has 0 amide bonds. The molecule has 0 atom stereocenters. The first kappa shape index (κ1) is 12.8. The van der Waals surface area contributed by atoms with E-state index in [4.69, 9.17) is 6.42 Å². The third kappa shape index (κ3) is 4.08. The van der Waals surface area contributed by atoms with E-state index in [2.05, 4.69) is 5.92 Å². The van der Waals surface area contributed by atoms with Crippen LogP contribution in [0.2, 0.25) is 0 Å². The second-order valence-corrected chi connectivity index (χ2v) is 6.61. The molecule has 0 aliphatic rings. The molecule has 1 aromatic rings. The van der Waals surface area contributed by atoms with Crippen LogP contribution in [0, 0.1) is 17.8 Å². The highest BCUT2D eigenvalue weighted by atomic mass is 32.2. The molecule has 86 valence electrons. The topological polar surface area (TPSA) is 34.1 Å². The Morgan fingerprint density at radius 2 is 1.81 bits per heavy atom. The number of terminal acetylenes is 1. The monoisotopic (exact) mass is 236 g/mol. The zero-order chi connectivity index (χ0) is 12.2. The molecule has 0 fully saturated rings. The van der Waals surface area contributed by atoms with E-state index in [1.165, 1.54) is 0 Å². The third-order valence-electron chi connectivity index (χ3n) is 2.20. The van der Waals surface area contributed by atoms with Crippen LogP contribution in [-0.2, 0) is 15.6 Å². The van der Waals surface area contributed by atoms with E-state index in [-0.39, 0.29) is 11.5 Å². The Kier molecular flexibility index (Phi) is 3.77. The molecule has 2 nitrogen and oxygen atoms in total. The minimum absolute atomic E-state index is 0.0192. The molecule has 3 heteroatoms. The molecular formula is C13H16O2S. The van der Waals surface area contributed by atoms with Crippen LogP contribution in [0.25, 0.3) is 0 Å². The van der Waals surface area contributed by atoms with Crippen molar-refractivity contribution >= 4 is 9.84 Å². The first-order chi connectivity index (χ1) is 7.35. The maximum absolute atomic E-state index is 11.9. The van der Waals surface area contributed by atoms with Gasteiger partial charge >= 0.3 is 0 Å². The van der Waals surface area contributed by atoms with Gasteiger partial charge in [0.15, 0.2) is 9.84 Å². The van der Waals surface area contributed by atoms with Crippen LogP contribution >= 0.6 is 0 Å². The average molecular weight is 236 g/mol. The minimum Gasteiger partial charge on any atom is -0.228 e. The molecule has 0 saturated carbocycles. The number of sulfone groups is 1. The summed E-state index contributed by atoms with van der Waals surface area (Å²) in [5.74, 6) is 2.58. The van der Waals surface area contributed by atoms with Crippen molar-refractivity contribution < 1.29 is 8.42 Å². The SMILES string of the molecule is C#CC(C)(C)CS(=O)(=O)Cc1ccccc1. The maximum atomic E-state index is 11.9. The van der Waals surface area contributed by atoms with Gasteiger partial charge in [-0.2, -0.15) is 0 Å². The largest absolute Gasteiger partial charge is 0.228 e. The second kappa shape index (κ2) is 4.71. The predicted molar refractivity (Wildman–Crippen MR) is 66.5 cm³/mol. The number of rotatable bonds is 4. The van der Waals surface area contributed by atoms with Crippen LogP contribution in [0.5, 0.6) is 0 Å². The van der Waals surface area contributed by atoms with Crippen molar-refractivity contribution in [2.75, 3.05) is 5.75 Å². The normalized spacial score (nSPS) is 12.1. The summed E-state index contributed by atoms with van der Waals surface area (Å²) in [5.41, 5.74) is 0.198. The van der Waals surface area contributed by atoms with Gasteiger partial charge in [0.2, 0.25) is 0 Å². The molecule has 0 spiro atoms. The highest BCUT2D eigenvalue weighted by Crippen LogP contribution is 2.19. The van der Waals surface area contributed by atoms with E-state index < -0.39 is 15.3 Å². The maximum Gasteiger partial charge on any atom is 0.155 e. The van der Waals surface area contributed by atoms with Gasteiger partial charge in [-0.3, -0.25) is 0 Å². The molecule has 1 aromatic carbocycles. The lowest BCUT2D eigenvalue weighted by Gasteiger charge is -2.17. The third-order valence-corrected chi connectivity index (χ3v) is 4.14. The molecular weight excluding hydrogens is 220 g/mol. The van der Waals surface area contributed by atoms with Gasteiger partial charge in [0.1, 0.15) is 0 Å². The quantitative estimate of drug-likeness (QED) is 0.751. The number of hydrogen-bond acceptors (Lipinski definition) is 2. The second-order valence-electron chi connectivity index (χ2n) is 4.55. The zero-order valence-corrected chi connectivity index (χ0v) is 10.4. The van der Waals surface area contributed by atoms with Crippen LogP contribution in [0.15, 0.2) is 30.3 Å². The van der Waals surface area contributed by atoms with Gasteiger partial charge in [0.05, 0.1) is 11.5 Å². The molecule has 0 aliphatic heterocycles. The number of hydrogen-bond donors (Lipinski definition) is 0. The summed E-state index contributed by atoms with van der Waals surface area (Å²) in [6.07, 6.45) is 5.29. The van der Waals surface area contributed by atoms with E-state index in [0.717, 1.165) is 5.56 Å². The molecule has 0 aliphatic carbocycles. The van der Waals surface area contributed by atoms with Gasteiger partial charge in [0, 0.05) is 5.41 Å². The fourth-order valence-electron chi connectivity index (χ4n) is 1.47. The van der Waals surface area contributed by atoms with Gasteiger partial charge in [-0.15, -0.1) is 6.42 Å². The van der Waals surface area contributed by atoms with E-state index >= 15 is 0 Å². The lowest BCUT2D eigenvalue weighted by molar-refractivity contribution is 0.536. The summed E-state index contributed by atoms with van der Waals surface area (Å²) in [6, 6.07) is 9.14. The van der Waals surface area contributed by atoms with Crippen molar-refractivity contribution in [3.63, 3.8) is 0 Å². The van der Waals surface area contributed by atoms with Crippen LogP contribution in [0.3, 0.4) is 0 Å². The smallest absolute Gasteiger partial charge is 0.155 e. The minimum atomic E-state index is -3.15. The standard InChI is InChI=1S/C13H16O2S/c1-4-13(2,3)11-16(14,15)10-12-8-6-5-7-9-12/h1,5-9H,10-11H2,2-3H3. The summed E-state index contributed by atoms with van der Waals surface area (Å²) in [4.78, 5) is 0. The molecule has 0 bridgehead atoms. The fraction of sp³-hybridized carbons (Fsp3) is 0.385. The van der Waals surface area contributed by atoms with Crippen molar-refractivity contribution in [2.45, 2.75) is 19.6 Å². The molecule has 0 heterocycles. The zero-order valence-electron chi connectivity index (χ0n) is 9.60. The molecule has 0 aromatic heterocycles. The van der Waals surface area contributed by atoms with Crippen molar-refractivity contribution in [3.8, 4) is 12.3 Å².